The second-order valence-corrected chi connectivity index (χ2v) is 6.03. The third-order valence-corrected chi connectivity index (χ3v) is 4.83. The lowest BCUT2D eigenvalue weighted by Crippen LogP contribution is -2.03. The Labute approximate surface area is 132 Å². The number of nitrogens with zero attached hydrogens (tertiary/aromatic N) is 1. The molecule has 0 saturated carbocycles. The Morgan fingerprint density at radius 3 is 2.45 bits per heavy atom. The number of carbonyl (C=O) groups is 1. The molecule has 0 fully saturated rings. The molecule has 0 N–H and O–H groups in total. The Bertz CT molecular complexity index is 850. The molecule has 1 aromatic heterocycles. The van der Waals surface area contributed by atoms with Gasteiger partial charge in [0.05, 0.1) is 16.2 Å². The zero-order valence-electron chi connectivity index (χ0n) is 12.4. The average Bonchev–Trinajstić information content (AvgIpc) is 2.90. The third-order valence-electron chi connectivity index (χ3n) is 3.45. The van der Waals surface area contributed by atoms with Gasteiger partial charge in [0.2, 0.25) is 0 Å². The Kier molecular flexibility index (Phi) is 4.02. The van der Waals surface area contributed by atoms with Gasteiger partial charge in [-0.15, -0.1) is 11.3 Å². The second-order valence-electron chi connectivity index (χ2n) is 4.97. The molecule has 2 aromatic carbocycles. The van der Waals surface area contributed by atoms with Gasteiger partial charge in [0.15, 0.2) is 0 Å². The van der Waals surface area contributed by atoms with E-state index in [0.29, 0.717) is 11.3 Å². The normalized spacial score (nSPS) is 11.6. The zero-order chi connectivity index (χ0) is 15.5. The van der Waals surface area contributed by atoms with Crippen LogP contribution in [0.15, 0.2) is 59.8 Å². The smallest absolute Gasteiger partial charge is 0.313 e. The van der Waals surface area contributed by atoms with Gasteiger partial charge < -0.3 is 4.84 Å². The van der Waals surface area contributed by atoms with E-state index in [0.717, 1.165) is 10.4 Å². The third kappa shape index (κ3) is 2.78. The maximum atomic E-state index is 11.9. The minimum Gasteiger partial charge on any atom is -0.313 e. The monoisotopic (exact) mass is 309 g/mol. The Morgan fingerprint density at radius 2 is 1.73 bits per heavy atom. The maximum Gasteiger partial charge on any atom is 0.365 e. The van der Waals surface area contributed by atoms with Crippen LogP contribution >= 0.6 is 11.3 Å². The van der Waals surface area contributed by atoms with Crippen molar-refractivity contribution < 1.29 is 9.63 Å². The zero-order valence-corrected chi connectivity index (χ0v) is 13.2. The number of hydrogen-bond donors (Lipinski definition) is 0. The fourth-order valence-electron chi connectivity index (χ4n) is 2.30. The first-order chi connectivity index (χ1) is 10.7. The number of aryl methyl sites for hydroxylation is 1. The Hall–Kier alpha value is -2.46. The van der Waals surface area contributed by atoms with E-state index < -0.39 is 5.97 Å². The lowest BCUT2D eigenvalue weighted by molar-refractivity contribution is 0.0516. The highest BCUT2D eigenvalue weighted by atomic mass is 32.1. The highest BCUT2D eigenvalue weighted by Crippen LogP contribution is 2.31. The van der Waals surface area contributed by atoms with Gasteiger partial charge in [-0.25, -0.2) is 4.79 Å². The van der Waals surface area contributed by atoms with E-state index in [9.17, 15) is 4.79 Å². The highest BCUT2D eigenvalue weighted by Gasteiger charge is 2.12. The van der Waals surface area contributed by atoms with Crippen molar-refractivity contribution in [1.29, 1.82) is 0 Å². The van der Waals surface area contributed by atoms with Crippen molar-refractivity contribution in [3.05, 3.63) is 70.6 Å². The van der Waals surface area contributed by atoms with Crippen LogP contribution in [0.2, 0.25) is 0 Å². The first-order valence-corrected chi connectivity index (χ1v) is 7.78. The van der Waals surface area contributed by atoms with Gasteiger partial charge in [-0.1, -0.05) is 41.6 Å². The SMILES string of the molecule is C/C(=N\OC(=O)c1ccccc1)c1sc2ccccc2c1C. The molecule has 0 aliphatic carbocycles. The molecule has 3 rings (SSSR count). The molecule has 3 nitrogen and oxygen atoms in total. The van der Waals surface area contributed by atoms with Crippen LogP contribution in [0.5, 0.6) is 0 Å². The lowest BCUT2D eigenvalue weighted by Gasteiger charge is -2.00. The van der Waals surface area contributed by atoms with Crippen LogP contribution in [0.3, 0.4) is 0 Å². The quantitative estimate of drug-likeness (QED) is 0.396. The van der Waals surface area contributed by atoms with Gasteiger partial charge in [-0.05, 0) is 43.0 Å². The van der Waals surface area contributed by atoms with E-state index in [1.807, 2.05) is 25.1 Å². The highest BCUT2D eigenvalue weighted by molar-refractivity contribution is 7.21. The summed E-state index contributed by atoms with van der Waals surface area (Å²) >= 11 is 1.66. The minimum absolute atomic E-state index is 0.446. The van der Waals surface area contributed by atoms with Crippen LogP contribution in [-0.4, -0.2) is 11.7 Å². The number of fused-ring (bicyclic) bond motifs is 1. The van der Waals surface area contributed by atoms with Crippen molar-refractivity contribution in [2.24, 2.45) is 5.16 Å². The summed E-state index contributed by atoms with van der Waals surface area (Å²) in [6.07, 6.45) is 0. The van der Waals surface area contributed by atoms with Crippen molar-refractivity contribution in [2.45, 2.75) is 13.8 Å². The van der Waals surface area contributed by atoms with Crippen LogP contribution in [0.1, 0.15) is 27.7 Å². The molecule has 0 saturated heterocycles. The summed E-state index contributed by atoms with van der Waals surface area (Å²) in [5.41, 5.74) is 2.37. The molecular formula is C18H15NO2S. The van der Waals surface area contributed by atoms with E-state index in [-0.39, 0.29) is 0 Å². The molecule has 22 heavy (non-hydrogen) atoms. The fraction of sp³-hybridized carbons (Fsp3) is 0.111. The fourth-order valence-corrected chi connectivity index (χ4v) is 3.44. The Morgan fingerprint density at radius 1 is 1.05 bits per heavy atom. The molecule has 0 aliphatic heterocycles. The molecule has 0 bridgehead atoms. The molecule has 0 unspecified atom stereocenters. The summed E-state index contributed by atoms with van der Waals surface area (Å²) in [5.74, 6) is -0.446. The first-order valence-electron chi connectivity index (χ1n) is 6.96. The number of carbonyl (C=O) groups excluding carboxylic acids is 1. The van der Waals surface area contributed by atoms with Crippen LogP contribution in [-0.2, 0) is 4.84 Å². The molecule has 3 aromatic rings. The molecular weight excluding hydrogens is 294 g/mol. The van der Waals surface area contributed by atoms with E-state index in [4.69, 9.17) is 4.84 Å². The van der Waals surface area contributed by atoms with Crippen LogP contribution < -0.4 is 0 Å². The molecule has 0 spiro atoms. The summed E-state index contributed by atoms with van der Waals surface area (Å²) in [5, 5.41) is 5.22. The molecule has 0 atom stereocenters. The predicted molar refractivity (Wildman–Crippen MR) is 90.6 cm³/mol. The summed E-state index contributed by atoms with van der Waals surface area (Å²) in [7, 11) is 0. The molecule has 4 heteroatoms. The van der Waals surface area contributed by atoms with Gasteiger partial charge in [0.1, 0.15) is 0 Å². The predicted octanol–water partition coefficient (Wildman–Crippen LogP) is 4.79. The number of benzene rings is 2. The second kappa shape index (κ2) is 6.12. The number of rotatable bonds is 3. The van der Waals surface area contributed by atoms with Crippen molar-refractivity contribution in [2.75, 3.05) is 0 Å². The lowest BCUT2D eigenvalue weighted by atomic mass is 10.1. The van der Waals surface area contributed by atoms with E-state index in [2.05, 4.69) is 24.2 Å². The van der Waals surface area contributed by atoms with E-state index >= 15 is 0 Å². The molecule has 110 valence electrons. The maximum absolute atomic E-state index is 11.9. The molecule has 0 aliphatic rings. The summed E-state index contributed by atoms with van der Waals surface area (Å²) in [6, 6.07) is 17.1. The number of thiophene rings is 1. The van der Waals surface area contributed by atoms with Gasteiger partial charge >= 0.3 is 5.97 Å². The van der Waals surface area contributed by atoms with E-state index in [1.54, 1.807) is 35.6 Å². The van der Waals surface area contributed by atoms with Crippen molar-refractivity contribution >= 4 is 33.1 Å². The van der Waals surface area contributed by atoms with Crippen molar-refractivity contribution in [1.82, 2.24) is 0 Å². The largest absolute Gasteiger partial charge is 0.365 e. The molecule has 0 amide bonds. The first kappa shape index (κ1) is 14.5. The van der Waals surface area contributed by atoms with Gasteiger partial charge in [-0.3, -0.25) is 0 Å². The van der Waals surface area contributed by atoms with Crippen LogP contribution in [0.25, 0.3) is 10.1 Å². The molecule has 0 radical (unpaired) electrons. The topological polar surface area (TPSA) is 38.7 Å². The number of oxime groups is 1. The van der Waals surface area contributed by atoms with Gasteiger partial charge in [0.25, 0.3) is 0 Å². The summed E-state index contributed by atoms with van der Waals surface area (Å²) in [4.78, 5) is 18.0. The van der Waals surface area contributed by atoms with Crippen molar-refractivity contribution in [3.63, 3.8) is 0 Å². The van der Waals surface area contributed by atoms with Gasteiger partial charge in [0, 0.05) is 4.70 Å². The molecule has 1 heterocycles. The standard InChI is InChI=1S/C18H15NO2S/c1-12-15-10-6-7-11-16(15)22-17(12)13(2)19-21-18(20)14-8-4-3-5-9-14/h3-11H,1-2H3/b19-13+. The van der Waals surface area contributed by atoms with Crippen LogP contribution in [0.4, 0.5) is 0 Å². The van der Waals surface area contributed by atoms with Gasteiger partial charge in [-0.2, -0.15) is 0 Å². The minimum atomic E-state index is -0.446. The average molecular weight is 309 g/mol. The van der Waals surface area contributed by atoms with E-state index in [1.165, 1.54) is 10.1 Å². The summed E-state index contributed by atoms with van der Waals surface area (Å²) < 4.78 is 1.21. The van der Waals surface area contributed by atoms with Crippen LogP contribution in [0, 0.1) is 6.92 Å². The summed E-state index contributed by atoms with van der Waals surface area (Å²) in [6.45, 7) is 3.92. The number of hydrogen-bond acceptors (Lipinski definition) is 4. The van der Waals surface area contributed by atoms with Crippen molar-refractivity contribution in [3.8, 4) is 0 Å². The Balaban J connectivity index is 1.85.